The zero-order valence-corrected chi connectivity index (χ0v) is 9.94. The van der Waals surface area contributed by atoms with Gasteiger partial charge in [-0.05, 0) is 30.8 Å². The Labute approximate surface area is 94.6 Å². The molecule has 1 aliphatic carbocycles. The van der Waals surface area contributed by atoms with Crippen LogP contribution in [0.25, 0.3) is 0 Å². The summed E-state index contributed by atoms with van der Waals surface area (Å²) in [7, 11) is 0. The zero-order chi connectivity index (χ0) is 10.5. The Balaban J connectivity index is 1.59. The zero-order valence-electron chi connectivity index (χ0n) is 9.12. The third-order valence-electron chi connectivity index (χ3n) is 2.57. The first-order valence-corrected chi connectivity index (χ1v) is 6.41. The van der Waals surface area contributed by atoms with E-state index in [1.807, 2.05) is 0 Å². The van der Waals surface area contributed by atoms with Crippen LogP contribution in [0.4, 0.5) is 0 Å². The van der Waals surface area contributed by atoms with Crippen molar-refractivity contribution in [3.63, 3.8) is 0 Å². The van der Waals surface area contributed by atoms with Crippen molar-refractivity contribution in [2.75, 3.05) is 13.1 Å². The first kappa shape index (κ1) is 11.0. The molecule has 1 aromatic rings. The average molecular weight is 226 g/mol. The lowest BCUT2D eigenvalue weighted by Gasteiger charge is -2.04. The van der Waals surface area contributed by atoms with Gasteiger partial charge in [-0.2, -0.15) is 0 Å². The van der Waals surface area contributed by atoms with Gasteiger partial charge in [0.2, 0.25) is 0 Å². The van der Waals surface area contributed by atoms with Crippen LogP contribution in [0, 0.1) is 0 Å². The van der Waals surface area contributed by atoms with Crippen LogP contribution < -0.4 is 10.6 Å². The highest BCUT2D eigenvalue weighted by molar-refractivity contribution is 7.05. The molecule has 15 heavy (non-hydrogen) atoms. The fraction of sp³-hybridized carbons (Fsp3) is 0.800. The van der Waals surface area contributed by atoms with Gasteiger partial charge in [0.1, 0.15) is 0 Å². The van der Waals surface area contributed by atoms with Crippen LogP contribution in [-0.2, 0) is 13.0 Å². The number of hydrogen-bond acceptors (Lipinski definition) is 5. The number of hydrogen-bond donors (Lipinski definition) is 2. The van der Waals surface area contributed by atoms with Gasteiger partial charge in [-0.3, -0.25) is 0 Å². The summed E-state index contributed by atoms with van der Waals surface area (Å²) in [6.45, 7) is 5.12. The molecule has 4 nitrogen and oxygen atoms in total. The largest absolute Gasteiger partial charge is 0.313 e. The van der Waals surface area contributed by atoms with E-state index < -0.39 is 0 Å². The highest BCUT2D eigenvalue weighted by Crippen LogP contribution is 2.17. The highest BCUT2D eigenvalue weighted by atomic mass is 32.1. The van der Waals surface area contributed by atoms with Crippen molar-refractivity contribution in [3.05, 3.63) is 10.6 Å². The summed E-state index contributed by atoms with van der Waals surface area (Å²) in [6, 6.07) is 0.808. The van der Waals surface area contributed by atoms with Gasteiger partial charge in [0.15, 0.2) is 0 Å². The standard InChI is InChI=1S/C10H18N4S/c1-2-9-10(15-14-13-9)7-11-5-6-12-8-3-4-8/h8,11-12H,2-7H2,1H3. The Kier molecular flexibility index (Phi) is 4.05. The second-order valence-electron chi connectivity index (χ2n) is 3.90. The number of aromatic nitrogens is 2. The Morgan fingerprint density at radius 1 is 1.40 bits per heavy atom. The van der Waals surface area contributed by atoms with Gasteiger partial charge in [0.05, 0.1) is 10.6 Å². The van der Waals surface area contributed by atoms with Crippen LogP contribution in [0.5, 0.6) is 0 Å². The lowest BCUT2D eigenvalue weighted by Crippen LogP contribution is -2.28. The molecule has 1 fully saturated rings. The summed E-state index contributed by atoms with van der Waals surface area (Å²) in [5.41, 5.74) is 1.14. The summed E-state index contributed by atoms with van der Waals surface area (Å²) in [4.78, 5) is 1.28. The Bertz CT molecular complexity index is 295. The number of nitrogens with zero attached hydrogens (tertiary/aromatic N) is 2. The Morgan fingerprint density at radius 3 is 3.00 bits per heavy atom. The van der Waals surface area contributed by atoms with E-state index in [0.717, 1.165) is 37.8 Å². The van der Waals surface area contributed by atoms with Crippen molar-refractivity contribution in [3.8, 4) is 0 Å². The minimum Gasteiger partial charge on any atom is -0.313 e. The highest BCUT2D eigenvalue weighted by Gasteiger charge is 2.19. The van der Waals surface area contributed by atoms with Crippen LogP contribution >= 0.6 is 11.5 Å². The fourth-order valence-corrected chi connectivity index (χ4v) is 2.18. The fourth-order valence-electron chi connectivity index (χ4n) is 1.48. The van der Waals surface area contributed by atoms with Crippen LogP contribution in [0.3, 0.4) is 0 Å². The first-order chi connectivity index (χ1) is 7.40. The van der Waals surface area contributed by atoms with E-state index in [1.165, 1.54) is 29.3 Å². The molecule has 1 aliphatic rings. The maximum absolute atomic E-state index is 4.08. The van der Waals surface area contributed by atoms with Gasteiger partial charge in [-0.15, -0.1) is 5.10 Å². The van der Waals surface area contributed by atoms with E-state index in [9.17, 15) is 0 Å². The summed E-state index contributed by atoms with van der Waals surface area (Å²) in [5, 5.41) is 11.0. The third kappa shape index (κ3) is 3.52. The Morgan fingerprint density at radius 2 is 2.27 bits per heavy atom. The van der Waals surface area contributed by atoms with Crippen LogP contribution in [0.2, 0.25) is 0 Å². The van der Waals surface area contributed by atoms with E-state index in [-0.39, 0.29) is 0 Å². The monoisotopic (exact) mass is 226 g/mol. The van der Waals surface area contributed by atoms with Crippen molar-refractivity contribution in [2.24, 2.45) is 0 Å². The molecule has 2 N–H and O–H groups in total. The molecule has 0 atom stereocenters. The molecule has 1 aromatic heterocycles. The molecule has 0 saturated heterocycles. The summed E-state index contributed by atoms with van der Waals surface area (Å²) >= 11 is 1.51. The van der Waals surface area contributed by atoms with Gasteiger partial charge in [-0.25, -0.2) is 0 Å². The summed E-state index contributed by atoms with van der Waals surface area (Å²) in [6.07, 6.45) is 3.70. The first-order valence-electron chi connectivity index (χ1n) is 5.64. The minimum absolute atomic E-state index is 0.808. The molecular formula is C10H18N4S. The summed E-state index contributed by atoms with van der Waals surface area (Å²) in [5.74, 6) is 0. The van der Waals surface area contributed by atoms with Crippen molar-refractivity contribution >= 4 is 11.5 Å². The third-order valence-corrected chi connectivity index (χ3v) is 3.33. The number of rotatable bonds is 7. The second-order valence-corrected chi connectivity index (χ2v) is 4.74. The average Bonchev–Trinajstić information content (AvgIpc) is 2.96. The predicted octanol–water partition coefficient (Wildman–Crippen LogP) is 0.942. The number of nitrogens with one attached hydrogen (secondary N) is 2. The quantitative estimate of drug-likeness (QED) is 0.679. The van der Waals surface area contributed by atoms with E-state index in [1.54, 1.807) is 0 Å². The van der Waals surface area contributed by atoms with Crippen molar-refractivity contribution < 1.29 is 0 Å². The van der Waals surface area contributed by atoms with Crippen LogP contribution in [-0.4, -0.2) is 28.7 Å². The molecular weight excluding hydrogens is 208 g/mol. The van der Waals surface area contributed by atoms with Gasteiger partial charge < -0.3 is 10.6 Å². The molecule has 0 radical (unpaired) electrons. The van der Waals surface area contributed by atoms with E-state index in [0.29, 0.717) is 0 Å². The van der Waals surface area contributed by atoms with Gasteiger partial charge in [0.25, 0.3) is 0 Å². The maximum Gasteiger partial charge on any atom is 0.0797 e. The smallest absolute Gasteiger partial charge is 0.0797 e. The minimum atomic E-state index is 0.808. The normalized spacial score (nSPS) is 15.8. The van der Waals surface area contributed by atoms with Crippen molar-refractivity contribution in [2.45, 2.75) is 38.8 Å². The van der Waals surface area contributed by atoms with Crippen LogP contribution in [0.1, 0.15) is 30.3 Å². The molecule has 0 spiro atoms. The predicted molar refractivity (Wildman–Crippen MR) is 62.0 cm³/mol. The lowest BCUT2D eigenvalue weighted by atomic mass is 10.3. The SMILES string of the molecule is CCc1nnsc1CNCCNC1CC1. The van der Waals surface area contributed by atoms with Crippen molar-refractivity contribution in [1.82, 2.24) is 20.2 Å². The molecule has 0 aromatic carbocycles. The van der Waals surface area contributed by atoms with Crippen molar-refractivity contribution in [1.29, 1.82) is 0 Å². The van der Waals surface area contributed by atoms with E-state index in [2.05, 4.69) is 27.1 Å². The van der Waals surface area contributed by atoms with Gasteiger partial charge in [0, 0.05) is 25.7 Å². The molecule has 2 rings (SSSR count). The molecule has 0 unspecified atom stereocenters. The molecule has 0 bridgehead atoms. The van der Waals surface area contributed by atoms with E-state index in [4.69, 9.17) is 0 Å². The molecule has 5 heteroatoms. The topological polar surface area (TPSA) is 49.8 Å². The van der Waals surface area contributed by atoms with Gasteiger partial charge in [-0.1, -0.05) is 11.4 Å². The molecule has 1 saturated carbocycles. The van der Waals surface area contributed by atoms with E-state index >= 15 is 0 Å². The second kappa shape index (κ2) is 5.53. The Hall–Kier alpha value is -0.520. The van der Waals surface area contributed by atoms with Gasteiger partial charge >= 0.3 is 0 Å². The molecule has 84 valence electrons. The number of aryl methyl sites for hydroxylation is 1. The molecule has 1 heterocycles. The van der Waals surface area contributed by atoms with Crippen LogP contribution in [0.15, 0.2) is 0 Å². The molecule has 0 amide bonds. The molecule has 0 aliphatic heterocycles. The lowest BCUT2D eigenvalue weighted by molar-refractivity contribution is 0.609. The maximum atomic E-state index is 4.08. The summed E-state index contributed by atoms with van der Waals surface area (Å²) < 4.78 is 3.97.